The number of nitriles is 1. The molecule has 0 fully saturated rings. The molecule has 2 N–H and O–H groups in total. The van der Waals surface area contributed by atoms with Gasteiger partial charge in [0.25, 0.3) is 0 Å². The van der Waals surface area contributed by atoms with E-state index in [0.717, 1.165) is 17.9 Å². The van der Waals surface area contributed by atoms with E-state index in [0.29, 0.717) is 30.5 Å². The van der Waals surface area contributed by atoms with Crippen molar-refractivity contribution in [2.45, 2.75) is 46.2 Å². The summed E-state index contributed by atoms with van der Waals surface area (Å²) < 4.78 is 5.78. The third kappa shape index (κ3) is 6.67. The number of guanidine groups is 1. The zero-order chi connectivity index (χ0) is 18.3. The highest BCUT2D eigenvalue weighted by Gasteiger charge is 2.19. The van der Waals surface area contributed by atoms with E-state index in [4.69, 9.17) is 9.68 Å². The maximum atomic E-state index is 8.83. The summed E-state index contributed by atoms with van der Waals surface area (Å²) in [6.07, 6.45) is 1.78. The lowest BCUT2D eigenvalue weighted by molar-refractivity contribution is 0.379. The Kier molecular flexibility index (Phi) is 8.58. The highest BCUT2D eigenvalue weighted by molar-refractivity contribution is 14.0. The maximum absolute atomic E-state index is 8.83. The van der Waals surface area contributed by atoms with E-state index in [-0.39, 0.29) is 29.4 Å². The Morgan fingerprint density at radius 2 is 1.92 bits per heavy atom. The molecule has 6 nitrogen and oxygen atoms in total. The third-order valence-corrected chi connectivity index (χ3v) is 3.55. The van der Waals surface area contributed by atoms with Gasteiger partial charge in [-0.1, -0.05) is 32.9 Å². The van der Waals surface area contributed by atoms with Crippen molar-refractivity contribution >= 4 is 29.9 Å². The molecule has 0 bridgehead atoms. The van der Waals surface area contributed by atoms with Gasteiger partial charge in [-0.25, -0.2) is 9.98 Å². The van der Waals surface area contributed by atoms with E-state index in [1.807, 2.05) is 19.1 Å². The Labute approximate surface area is 172 Å². The SMILES string of the molecule is CCNC(=NCc1ccc(C#N)cc1)NCc1ncc(C(C)(C)C)o1.I. The minimum atomic E-state index is -0.0561. The van der Waals surface area contributed by atoms with Crippen LogP contribution in [0.5, 0.6) is 0 Å². The van der Waals surface area contributed by atoms with Gasteiger partial charge >= 0.3 is 0 Å². The smallest absolute Gasteiger partial charge is 0.213 e. The fraction of sp³-hybridized carbons (Fsp3) is 0.421. The van der Waals surface area contributed by atoms with Crippen molar-refractivity contribution in [3.05, 3.63) is 53.2 Å². The average molecular weight is 467 g/mol. The molecule has 2 aromatic rings. The fourth-order valence-electron chi connectivity index (χ4n) is 2.09. The fourth-order valence-corrected chi connectivity index (χ4v) is 2.09. The van der Waals surface area contributed by atoms with Crippen molar-refractivity contribution < 1.29 is 4.42 Å². The number of nitrogens with zero attached hydrogens (tertiary/aromatic N) is 3. The highest BCUT2D eigenvalue weighted by atomic mass is 127. The Balaban J connectivity index is 0.00000338. The van der Waals surface area contributed by atoms with Crippen LogP contribution in [0, 0.1) is 11.3 Å². The van der Waals surface area contributed by atoms with Crippen LogP contribution in [0.4, 0.5) is 0 Å². The third-order valence-electron chi connectivity index (χ3n) is 3.55. The van der Waals surface area contributed by atoms with E-state index in [9.17, 15) is 0 Å². The number of hydrogen-bond donors (Lipinski definition) is 2. The predicted molar refractivity (Wildman–Crippen MR) is 113 cm³/mol. The number of hydrogen-bond acceptors (Lipinski definition) is 4. The molecule has 0 spiro atoms. The van der Waals surface area contributed by atoms with Crippen molar-refractivity contribution in [1.82, 2.24) is 15.6 Å². The molecule has 1 aromatic heterocycles. The lowest BCUT2D eigenvalue weighted by Crippen LogP contribution is -2.36. The van der Waals surface area contributed by atoms with Gasteiger partial charge < -0.3 is 15.1 Å². The van der Waals surface area contributed by atoms with E-state index >= 15 is 0 Å². The molecule has 0 amide bonds. The van der Waals surface area contributed by atoms with Gasteiger partial charge in [0.15, 0.2) is 5.96 Å². The molecule has 0 aliphatic heterocycles. The second kappa shape index (κ2) is 10.2. The first-order valence-corrected chi connectivity index (χ1v) is 8.38. The van der Waals surface area contributed by atoms with Gasteiger partial charge in [-0.3, -0.25) is 0 Å². The molecule has 0 atom stereocenters. The Morgan fingerprint density at radius 3 is 2.46 bits per heavy atom. The number of aromatic nitrogens is 1. The summed E-state index contributed by atoms with van der Waals surface area (Å²) in [5, 5.41) is 15.3. The first-order chi connectivity index (χ1) is 11.9. The Morgan fingerprint density at radius 1 is 1.23 bits per heavy atom. The van der Waals surface area contributed by atoms with Crippen LogP contribution in [-0.2, 0) is 18.5 Å². The molecule has 2 rings (SSSR count). The molecule has 0 radical (unpaired) electrons. The van der Waals surface area contributed by atoms with Crippen LogP contribution in [0.3, 0.4) is 0 Å². The van der Waals surface area contributed by atoms with Gasteiger partial charge in [-0.15, -0.1) is 24.0 Å². The average Bonchev–Trinajstić information content (AvgIpc) is 3.07. The van der Waals surface area contributed by atoms with Gasteiger partial charge in [0.2, 0.25) is 5.89 Å². The first kappa shape index (κ1) is 22.0. The minimum absolute atomic E-state index is 0. The number of nitrogens with one attached hydrogen (secondary N) is 2. The number of rotatable bonds is 5. The van der Waals surface area contributed by atoms with Crippen molar-refractivity contribution in [2.75, 3.05) is 6.54 Å². The van der Waals surface area contributed by atoms with E-state index in [2.05, 4.69) is 47.5 Å². The summed E-state index contributed by atoms with van der Waals surface area (Å²) in [5.41, 5.74) is 1.64. The Hall–Kier alpha value is -2.08. The normalized spacial score (nSPS) is 11.4. The van der Waals surface area contributed by atoms with E-state index < -0.39 is 0 Å². The molecule has 1 heterocycles. The molecule has 0 unspecified atom stereocenters. The van der Waals surface area contributed by atoms with Crippen LogP contribution in [0.15, 0.2) is 39.9 Å². The monoisotopic (exact) mass is 467 g/mol. The second-order valence-electron chi connectivity index (χ2n) is 6.73. The molecule has 140 valence electrons. The van der Waals surface area contributed by atoms with Crippen LogP contribution in [0.1, 0.15) is 50.5 Å². The van der Waals surface area contributed by atoms with Gasteiger partial charge in [0.1, 0.15) is 5.76 Å². The van der Waals surface area contributed by atoms with Crippen molar-refractivity contribution in [3.63, 3.8) is 0 Å². The molecule has 7 heteroatoms. The number of benzene rings is 1. The number of oxazole rings is 1. The molecular weight excluding hydrogens is 441 g/mol. The van der Waals surface area contributed by atoms with Crippen LogP contribution >= 0.6 is 24.0 Å². The van der Waals surface area contributed by atoms with Gasteiger partial charge in [-0.05, 0) is 24.6 Å². The standard InChI is InChI=1S/C19H25N5O.HI/c1-5-21-18(23-11-15-8-6-14(10-20)7-9-15)24-13-17-22-12-16(25-17)19(2,3)4;/h6-9,12H,5,11,13H2,1-4H3,(H2,21,23,24);1H. The summed E-state index contributed by atoms with van der Waals surface area (Å²) in [6.45, 7) is 10.0. The molecule has 0 aliphatic carbocycles. The summed E-state index contributed by atoms with van der Waals surface area (Å²) in [5.74, 6) is 2.19. The quantitative estimate of drug-likeness (QED) is 0.398. The molecule has 0 saturated carbocycles. The molecule has 1 aromatic carbocycles. The minimum Gasteiger partial charge on any atom is -0.443 e. The largest absolute Gasteiger partial charge is 0.443 e. The molecule has 0 saturated heterocycles. The molecule has 26 heavy (non-hydrogen) atoms. The maximum Gasteiger partial charge on any atom is 0.213 e. The van der Waals surface area contributed by atoms with Crippen LogP contribution in [0.2, 0.25) is 0 Å². The van der Waals surface area contributed by atoms with E-state index in [1.165, 1.54) is 0 Å². The zero-order valence-corrected chi connectivity index (χ0v) is 18.0. The van der Waals surface area contributed by atoms with Crippen molar-refractivity contribution in [2.24, 2.45) is 4.99 Å². The van der Waals surface area contributed by atoms with Crippen molar-refractivity contribution in [1.29, 1.82) is 5.26 Å². The topological polar surface area (TPSA) is 86.2 Å². The van der Waals surface area contributed by atoms with Gasteiger partial charge in [0, 0.05) is 12.0 Å². The van der Waals surface area contributed by atoms with Gasteiger partial charge in [-0.2, -0.15) is 5.26 Å². The number of aliphatic imine (C=N–C) groups is 1. The summed E-state index contributed by atoms with van der Waals surface area (Å²) in [4.78, 5) is 8.86. The lowest BCUT2D eigenvalue weighted by Gasteiger charge is -2.13. The van der Waals surface area contributed by atoms with E-state index in [1.54, 1.807) is 18.3 Å². The van der Waals surface area contributed by atoms with Crippen LogP contribution < -0.4 is 10.6 Å². The summed E-state index contributed by atoms with van der Waals surface area (Å²) in [7, 11) is 0. The van der Waals surface area contributed by atoms with Gasteiger partial charge in [0.05, 0.1) is 30.9 Å². The lowest BCUT2D eigenvalue weighted by atomic mass is 9.94. The zero-order valence-electron chi connectivity index (χ0n) is 15.7. The second-order valence-corrected chi connectivity index (χ2v) is 6.73. The van der Waals surface area contributed by atoms with Crippen LogP contribution in [-0.4, -0.2) is 17.5 Å². The molecule has 0 aliphatic rings. The first-order valence-electron chi connectivity index (χ1n) is 8.38. The highest BCUT2D eigenvalue weighted by Crippen LogP contribution is 2.22. The van der Waals surface area contributed by atoms with Crippen LogP contribution in [0.25, 0.3) is 0 Å². The Bertz CT molecular complexity index is 753. The molecular formula is C19H26IN5O. The summed E-state index contributed by atoms with van der Waals surface area (Å²) in [6, 6.07) is 9.53. The predicted octanol–water partition coefficient (Wildman–Crippen LogP) is 3.72. The number of halogens is 1. The van der Waals surface area contributed by atoms with Crippen molar-refractivity contribution in [3.8, 4) is 6.07 Å². The summed E-state index contributed by atoms with van der Waals surface area (Å²) >= 11 is 0.